The van der Waals surface area contributed by atoms with Gasteiger partial charge in [-0.05, 0) is 44.4 Å². The van der Waals surface area contributed by atoms with Gasteiger partial charge < -0.3 is 15.4 Å². The lowest BCUT2D eigenvalue weighted by Gasteiger charge is -2.17. The molecule has 1 heterocycles. The molecule has 1 unspecified atom stereocenters. The standard InChI is InChI=1S/C19H29N5O.HI/c1-15(14-25-4)22-19(20-3)21-12-8-9-17-13-24(23-16(17)2)18-10-6-5-7-11-18;/h5-7,10-11,13,15H,8-9,12,14H2,1-4H3,(H2,20,21,22);1H. The molecule has 1 aromatic heterocycles. The van der Waals surface area contributed by atoms with E-state index in [1.54, 1.807) is 14.2 Å². The van der Waals surface area contributed by atoms with Gasteiger partial charge in [0, 0.05) is 32.9 Å². The molecule has 7 heteroatoms. The van der Waals surface area contributed by atoms with Gasteiger partial charge in [0.15, 0.2) is 5.96 Å². The van der Waals surface area contributed by atoms with E-state index >= 15 is 0 Å². The predicted molar refractivity (Wildman–Crippen MR) is 118 cm³/mol. The fourth-order valence-corrected chi connectivity index (χ4v) is 2.66. The van der Waals surface area contributed by atoms with Gasteiger partial charge in [0.25, 0.3) is 0 Å². The minimum atomic E-state index is 0. The van der Waals surface area contributed by atoms with Gasteiger partial charge in [-0.15, -0.1) is 24.0 Å². The number of aliphatic imine (C=N–C) groups is 1. The summed E-state index contributed by atoms with van der Waals surface area (Å²) in [6, 6.07) is 10.4. The van der Waals surface area contributed by atoms with Gasteiger partial charge in [-0.2, -0.15) is 5.10 Å². The van der Waals surface area contributed by atoms with Crippen LogP contribution >= 0.6 is 24.0 Å². The molecule has 0 saturated heterocycles. The van der Waals surface area contributed by atoms with Crippen LogP contribution in [0.1, 0.15) is 24.6 Å². The second-order valence-corrected chi connectivity index (χ2v) is 6.12. The Morgan fingerprint density at radius 1 is 1.31 bits per heavy atom. The second-order valence-electron chi connectivity index (χ2n) is 6.12. The van der Waals surface area contributed by atoms with Gasteiger partial charge in [0.2, 0.25) is 0 Å². The maximum atomic E-state index is 5.13. The molecule has 0 aliphatic carbocycles. The molecule has 0 spiro atoms. The van der Waals surface area contributed by atoms with Gasteiger partial charge in [-0.25, -0.2) is 4.68 Å². The second kappa shape index (κ2) is 11.9. The number of guanidine groups is 1. The van der Waals surface area contributed by atoms with Crippen molar-refractivity contribution in [3.63, 3.8) is 0 Å². The number of nitrogens with one attached hydrogen (secondary N) is 2. The Balaban J connectivity index is 0.00000338. The highest BCUT2D eigenvalue weighted by Gasteiger charge is 2.07. The van der Waals surface area contributed by atoms with Gasteiger partial charge in [0.1, 0.15) is 0 Å². The largest absolute Gasteiger partial charge is 0.383 e. The normalized spacial score (nSPS) is 12.4. The Hall–Kier alpha value is -1.61. The lowest BCUT2D eigenvalue weighted by atomic mass is 10.1. The van der Waals surface area contributed by atoms with Crippen LogP contribution in [0.4, 0.5) is 0 Å². The van der Waals surface area contributed by atoms with Crippen molar-refractivity contribution < 1.29 is 4.74 Å². The number of ether oxygens (including phenoxy) is 1. The quantitative estimate of drug-likeness (QED) is 0.269. The third-order valence-electron chi connectivity index (χ3n) is 3.96. The van der Waals surface area contributed by atoms with E-state index in [4.69, 9.17) is 4.74 Å². The number of benzene rings is 1. The van der Waals surface area contributed by atoms with Crippen molar-refractivity contribution in [2.45, 2.75) is 32.7 Å². The molecule has 26 heavy (non-hydrogen) atoms. The zero-order chi connectivity index (χ0) is 18.1. The smallest absolute Gasteiger partial charge is 0.191 e. The average Bonchev–Trinajstić information content (AvgIpc) is 2.99. The first-order valence-corrected chi connectivity index (χ1v) is 8.70. The zero-order valence-electron chi connectivity index (χ0n) is 16.0. The van der Waals surface area contributed by atoms with E-state index in [0.29, 0.717) is 6.61 Å². The molecule has 0 radical (unpaired) electrons. The van der Waals surface area contributed by atoms with E-state index in [9.17, 15) is 0 Å². The molecule has 1 aromatic carbocycles. The molecule has 2 aromatic rings. The molecule has 0 aliphatic heterocycles. The third kappa shape index (κ3) is 6.95. The fraction of sp³-hybridized carbons (Fsp3) is 0.474. The van der Waals surface area contributed by atoms with Crippen LogP contribution in [0.25, 0.3) is 5.69 Å². The molecule has 1 atom stereocenters. The monoisotopic (exact) mass is 471 g/mol. The van der Waals surface area contributed by atoms with Gasteiger partial charge in [-0.1, -0.05) is 18.2 Å². The van der Waals surface area contributed by atoms with Crippen molar-refractivity contribution in [1.82, 2.24) is 20.4 Å². The first-order chi connectivity index (χ1) is 12.1. The molecule has 6 nitrogen and oxygen atoms in total. The average molecular weight is 471 g/mol. The predicted octanol–water partition coefficient (Wildman–Crippen LogP) is 2.93. The number of para-hydroxylation sites is 1. The number of hydrogen-bond acceptors (Lipinski definition) is 3. The van der Waals surface area contributed by atoms with Crippen molar-refractivity contribution in [1.29, 1.82) is 0 Å². The van der Waals surface area contributed by atoms with Crippen molar-refractivity contribution >= 4 is 29.9 Å². The summed E-state index contributed by atoms with van der Waals surface area (Å²) in [6.45, 7) is 5.64. The van der Waals surface area contributed by atoms with Crippen LogP contribution in [0.3, 0.4) is 0 Å². The summed E-state index contributed by atoms with van der Waals surface area (Å²) >= 11 is 0. The Morgan fingerprint density at radius 3 is 2.69 bits per heavy atom. The van der Waals surface area contributed by atoms with Crippen LogP contribution in [0.2, 0.25) is 0 Å². The van der Waals surface area contributed by atoms with Crippen molar-refractivity contribution in [3.05, 3.63) is 47.8 Å². The minimum absolute atomic E-state index is 0. The summed E-state index contributed by atoms with van der Waals surface area (Å²) in [4.78, 5) is 4.24. The van der Waals surface area contributed by atoms with E-state index in [0.717, 1.165) is 36.7 Å². The number of methoxy groups -OCH3 is 1. The summed E-state index contributed by atoms with van der Waals surface area (Å²) in [5.74, 6) is 0.807. The van der Waals surface area contributed by atoms with Crippen molar-refractivity contribution in [2.24, 2.45) is 4.99 Å². The number of aromatic nitrogens is 2. The molecular weight excluding hydrogens is 441 g/mol. The minimum Gasteiger partial charge on any atom is -0.383 e. The highest BCUT2D eigenvalue weighted by atomic mass is 127. The first-order valence-electron chi connectivity index (χ1n) is 8.70. The number of rotatable bonds is 8. The van der Waals surface area contributed by atoms with Gasteiger partial charge in [0.05, 0.1) is 18.0 Å². The molecule has 144 valence electrons. The summed E-state index contributed by atoms with van der Waals surface area (Å²) in [5.41, 5.74) is 3.45. The van der Waals surface area contributed by atoms with Crippen LogP contribution in [-0.2, 0) is 11.2 Å². The summed E-state index contributed by atoms with van der Waals surface area (Å²) in [7, 11) is 3.48. The zero-order valence-corrected chi connectivity index (χ0v) is 18.4. The highest BCUT2D eigenvalue weighted by molar-refractivity contribution is 14.0. The summed E-state index contributed by atoms with van der Waals surface area (Å²) in [5, 5.41) is 11.3. The SMILES string of the molecule is CN=C(NCCCc1cn(-c2ccccc2)nc1C)NC(C)COC.I. The maximum absolute atomic E-state index is 5.13. The van der Waals surface area contributed by atoms with E-state index in [1.165, 1.54) is 5.56 Å². The number of nitrogens with zero attached hydrogens (tertiary/aromatic N) is 3. The van der Waals surface area contributed by atoms with E-state index in [1.807, 2.05) is 22.9 Å². The Morgan fingerprint density at radius 2 is 2.04 bits per heavy atom. The van der Waals surface area contributed by atoms with Crippen molar-refractivity contribution in [2.75, 3.05) is 27.3 Å². The van der Waals surface area contributed by atoms with Crippen molar-refractivity contribution in [3.8, 4) is 5.69 Å². The van der Waals surface area contributed by atoms with Gasteiger partial charge >= 0.3 is 0 Å². The fourth-order valence-electron chi connectivity index (χ4n) is 2.66. The van der Waals surface area contributed by atoms with Crippen LogP contribution < -0.4 is 10.6 Å². The van der Waals surface area contributed by atoms with Gasteiger partial charge in [-0.3, -0.25) is 4.99 Å². The van der Waals surface area contributed by atoms with Crippen LogP contribution in [0, 0.1) is 6.92 Å². The Kier molecular flexibility index (Phi) is 10.3. The molecule has 0 saturated carbocycles. The number of hydrogen-bond donors (Lipinski definition) is 2. The summed E-state index contributed by atoms with van der Waals surface area (Å²) < 4.78 is 7.08. The molecule has 0 aliphatic rings. The van der Waals surface area contributed by atoms with Crippen LogP contribution in [0.5, 0.6) is 0 Å². The molecule has 2 rings (SSSR count). The van der Waals surface area contributed by atoms with Crippen LogP contribution in [0.15, 0.2) is 41.5 Å². The van der Waals surface area contributed by atoms with E-state index in [-0.39, 0.29) is 30.0 Å². The third-order valence-corrected chi connectivity index (χ3v) is 3.96. The lowest BCUT2D eigenvalue weighted by molar-refractivity contribution is 0.179. The van der Waals surface area contributed by atoms with E-state index in [2.05, 4.69) is 52.9 Å². The molecular formula is C19H30IN5O. The van der Waals surface area contributed by atoms with Crippen LogP contribution in [-0.4, -0.2) is 49.1 Å². The lowest BCUT2D eigenvalue weighted by Crippen LogP contribution is -2.44. The summed E-state index contributed by atoms with van der Waals surface area (Å²) in [6.07, 6.45) is 4.12. The first kappa shape index (κ1) is 22.4. The topological polar surface area (TPSA) is 63.5 Å². The molecule has 0 amide bonds. The Labute approximate surface area is 173 Å². The highest BCUT2D eigenvalue weighted by Crippen LogP contribution is 2.13. The maximum Gasteiger partial charge on any atom is 0.191 e. The number of halogens is 1. The molecule has 0 bridgehead atoms. The van der Waals surface area contributed by atoms with E-state index < -0.39 is 0 Å². The molecule has 2 N–H and O–H groups in total. The number of aryl methyl sites for hydroxylation is 2. The molecule has 0 fully saturated rings. The Bertz CT molecular complexity index is 672.